The third-order valence-corrected chi connectivity index (χ3v) is 4.90. The zero-order valence-electron chi connectivity index (χ0n) is 11.8. The first-order valence-corrected chi connectivity index (χ1v) is 7.78. The molecule has 1 heterocycles. The summed E-state index contributed by atoms with van der Waals surface area (Å²) in [6.45, 7) is 0.812. The summed E-state index contributed by atoms with van der Waals surface area (Å²) in [7, 11) is 0. The predicted molar refractivity (Wildman–Crippen MR) is 75.5 cm³/mol. The Morgan fingerprint density at radius 2 is 2.15 bits per heavy atom. The molecule has 110 valence electrons. The molecule has 0 bridgehead atoms. The van der Waals surface area contributed by atoms with E-state index in [4.69, 9.17) is 4.42 Å². The first-order chi connectivity index (χ1) is 9.75. The van der Waals surface area contributed by atoms with Crippen molar-refractivity contribution in [1.29, 1.82) is 0 Å². The summed E-state index contributed by atoms with van der Waals surface area (Å²) in [6, 6.07) is 2.40. The number of hydrogen-bond acceptors (Lipinski definition) is 3. The zero-order valence-corrected chi connectivity index (χ0v) is 11.8. The average Bonchev–Trinajstić information content (AvgIpc) is 2.94. The lowest BCUT2D eigenvalue weighted by Gasteiger charge is -2.31. The molecule has 3 atom stereocenters. The van der Waals surface area contributed by atoms with Crippen LogP contribution in [-0.4, -0.2) is 17.6 Å². The highest BCUT2D eigenvalue weighted by atomic mass is 16.4. The molecule has 2 N–H and O–H groups in total. The molecule has 3 unspecified atom stereocenters. The second-order valence-corrected chi connectivity index (χ2v) is 6.14. The Morgan fingerprint density at radius 1 is 1.30 bits per heavy atom. The minimum atomic E-state index is -0.621. The predicted octanol–water partition coefficient (Wildman–Crippen LogP) is 3.14. The van der Waals surface area contributed by atoms with E-state index in [1.807, 2.05) is 0 Å². The lowest BCUT2D eigenvalue weighted by Crippen LogP contribution is -2.36. The van der Waals surface area contributed by atoms with Gasteiger partial charge < -0.3 is 14.8 Å². The van der Waals surface area contributed by atoms with Crippen molar-refractivity contribution in [2.24, 2.45) is 11.8 Å². The highest BCUT2D eigenvalue weighted by Gasteiger charge is 2.31. The fraction of sp³-hybridized carbons (Fsp3) is 0.688. The van der Waals surface area contributed by atoms with E-state index in [-0.39, 0.29) is 11.8 Å². The summed E-state index contributed by atoms with van der Waals surface area (Å²) in [5.41, 5.74) is 1.28. The molecule has 1 saturated carbocycles. The Bertz CT molecular complexity index is 468. The van der Waals surface area contributed by atoms with Crippen LogP contribution < -0.4 is 5.32 Å². The number of hydrogen-bond donors (Lipinski definition) is 2. The molecule has 4 nitrogen and oxygen atoms in total. The van der Waals surface area contributed by atoms with Crippen LogP contribution in [0.2, 0.25) is 0 Å². The van der Waals surface area contributed by atoms with E-state index < -0.39 is 5.97 Å². The lowest BCUT2D eigenvalue weighted by molar-refractivity contribution is -0.144. The van der Waals surface area contributed by atoms with Crippen LogP contribution in [0.3, 0.4) is 0 Å². The molecule has 20 heavy (non-hydrogen) atoms. The highest BCUT2D eigenvalue weighted by Crippen LogP contribution is 2.33. The Hall–Kier alpha value is -1.29. The highest BCUT2D eigenvalue weighted by molar-refractivity contribution is 5.70. The molecular weight excluding hydrogens is 254 g/mol. The van der Waals surface area contributed by atoms with Crippen molar-refractivity contribution in [2.75, 3.05) is 6.54 Å². The number of furan rings is 1. The summed E-state index contributed by atoms with van der Waals surface area (Å²) < 4.78 is 5.50. The van der Waals surface area contributed by atoms with E-state index in [0.29, 0.717) is 6.04 Å². The number of carbonyl (C=O) groups is 1. The largest absolute Gasteiger partial charge is 0.481 e. The molecule has 4 heteroatoms. The number of aliphatic carboxylic acids is 1. The standard InChI is InChI=1S/C16H23NO3/c18-16(19)12-5-2-1-4-11(12)10-17-14-6-3-7-15-13(14)8-9-20-15/h8-9,11-12,14,17H,1-7,10H2,(H,18,19). The first kappa shape index (κ1) is 13.7. The van der Waals surface area contributed by atoms with Gasteiger partial charge in [-0.1, -0.05) is 12.8 Å². The summed E-state index contributed by atoms with van der Waals surface area (Å²) in [5.74, 6) is 0.596. The number of carboxylic acids is 1. The molecule has 0 radical (unpaired) electrons. The first-order valence-electron chi connectivity index (χ1n) is 7.78. The Morgan fingerprint density at radius 3 is 3.00 bits per heavy atom. The Kier molecular flexibility index (Phi) is 4.10. The maximum absolute atomic E-state index is 11.3. The van der Waals surface area contributed by atoms with Crippen LogP contribution in [0, 0.1) is 11.8 Å². The molecule has 0 amide bonds. The van der Waals surface area contributed by atoms with E-state index in [1.165, 1.54) is 5.56 Å². The maximum atomic E-state index is 11.3. The van der Waals surface area contributed by atoms with Gasteiger partial charge in [0.25, 0.3) is 0 Å². The topological polar surface area (TPSA) is 62.5 Å². The van der Waals surface area contributed by atoms with E-state index in [9.17, 15) is 9.90 Å². The fourth-order valence-corrected chi connectivity index (χ4v) is 3.77. The van der Waals surface area contributed by atoms with Crippen molar-refractivity contribution in [3.8, 4) is 0 Å². The summed E-state index contributed by atoms with van der Waals surface area (Å²) >= 11 is 0. The van der Waals surface area contributed by atoms with E-state index in [2.05, 4.69) is 11.4 Å². The second kappa shape index (κ2) is 6.00. The third-order valence-electron chi connectivity index (χ3n) is 4.90. The second-order valence-electron chi connectivity index (χ2n) is 6.14. The number of carboxylic acid groups (broad SMARTS) is 1. The molecule has 0 saturated heterocycles. The van der Waals surface area contributed by atoms with Crippen molar-refractivity contribution in [3.05, 3.63) is 23.7 Å². The number of rotatable bonds is 4. The lowest BCUT2D eigenvalue weighted by atomic mass is 9.79. The molecule has 1 fully saturated rings. The molecule has 2 aliphatic carbocycles. The number of fused-ring (bicyclic) bond motifs is 1. The van der Waals surface area contributed by atoms with Crippen molar-refractivity contribution < 1.29 is 14.3 Å². The molecular formula is C16H23NO3. The van der Waals surface area contributed by atoms with Gasteiger partial charge in [-0.15, -0.1) is 0 Å². The molecule has 0 aliphatic heterocycles. The SMILES string of the molecule is O=C(O)C1CCCCC1CNC1CCCc2occc21. The van der Waals surface area contributed by atoms with Crippen LogP contribution >= 0.6 is 0 Å². The van der Waals surface area contributed by atoms with Crippen molar-refractivity contribution in [3.63, 3.8) is 0 Å². The molecule has 0 spiro atoms. The normalized spacial score (nSPS) is 29.9. The summed E-state index contributed by atoms with van der Waals surface area (Å²) in [4.78, 5) is 11.3. The van der Waals surface area contributed by atoms with Crippen molar-refractivity contribution >= 4 is 5.97 Å². The monoisotopic (exact) mass is 277 g/mol. The van der Waals surface area contributed by atoms with Crippen LogP contribution in [0.15, 0.2) is 16.7 Å². The molecule has 0 aromatic carbocycles. The van der Waals surface area contributed by atoms with Gasteiger partial charge in [0.15, 0.2) is 0 Å². The molecule has 3 rings (SSSR count). The Labute approximate surface area is 119 Å². The zero-order chi connectivity index (χ0) is 13.9. The van der Waals surface area contributed by atoms with Gasteiger partial charge in [-0.05, 0) is 44.2 Å². The summed E-state index contributed by atoms with van der Waals surface area (Å²) in [6.07, 6.45) is 9.16. The number of aryl methyl sites for hydroxylation is 1. The quantitative estimate of drug-likeness (QED) is 0.887. The van der Waals surface area contributed by atoms with Crippen LogP contribution in [-0.2, 0) is 11.2 Å². The molecule has 1 aromatic rings. The smallest absolute Gasteiger partial charge is 0.306 e. The molecule has 1 aromatic heterocycles. The van der Waals surface area contributed by atoms with Crippen LogP contribution in [0.1, 0.15) is 55.9 Å². The average molecular weight is 277 g/mol. The van der Waals surface area contributed by atoms with E-state index in [0.717, 1.165) is 57.3 Å². The van der Waals surface area contributed by atoms with Gasteiger partial charge in [0.05, 0.1) is 12.2 Å². The maximum Gasteiger partial charge on any atom is 0.306 e. The third kappa shape index (κ3) is 2.75. The van der Waals surface area contributed by atoms with Gasteiger partial charge in [-0.2, -0.15) is 0 Å². The minimum Gasteiger partial charge on any atom is -0.481 e. The van der Waals surface area contributed by atoms with Crippen LogP contribution in [0.25, 0.3) is 0 Å². The van der Waals surface area contributed by atoms with E-state index in [1.54, 1.807) is 6.26 Å². The fourth-order valence-electron chi connectivity index (χ4n) is 3.77. The van der Waals surface area contributed by atoms with Gasteiger partial charge in [0, 0.05) is 18.0 Å². The van der Waals surface area contributed by atoms with Gasteiger partial charge in [-0.3, -0.25) is 4.79 Å². The van der Waals surface area contributed by atoms with E-state index >= 15 is 0 Å². The molecule has 2 aliphatic rings. The van der Waals surface area contributed by atoms with Crippen molar-refractivity contribution in [1.82, 2.24) is 5.32 Å². The van der Waals surface area contributed by atoms with Crippen molar-refractivity contribution in [2.45, 2.75) is 51.0 Å². The van der Waals surface area contributed by atoms with Gasteiger partial charge in [-0.25, -0.2) is 0 Å². The van der Waals surface area contributed by atoms with Crippen LogP contribution in [0.4, 0.5) is 0 Å². The Balaban J connectivity index is 1.61. The van der Waals surface area contributed by atoms with Crippen LogP contribution in [0.5, 0.6) is 0 Å². The van der Waals surface area contributed by atoms with Gasteiger partial charge in [0.2, 0.25) is 0 Å². The van der Waals surface area contributed by atoms with Gasteiger partial charge in [0.1, 0.15) is 5.76 Å². The summed E-state index contributed by atoms with van der Waals surface area (Å²) in [5, 5.41) is 12.9. The number of nitrogens with one attached hydrogen (secondary N) is 1. The van der Waals surface area contributed by atoms with Gasteiger partial charge >= 0.3 is 5.97 Å². The minimum absolute atomic E-state index is 0.163.